The van der Waals surface area contributed by atoms with E-state index in [1.54, 1.807) is 0 Å². The summed E-state index contributed by atoms with van der Waals surface area (Å²) in [7, 11) is 0. The molecule has 0 unspecified atom stereocenters. The number of hydrogen-bond acceptors (Lipinski definition) is 6. The van der Waals surface area contributed by atoms with Crippen molar-refractivity contribution < 1.29 is 4.39 Å². The van der Waals surface area contributed by atoms with Crippen LogP contribution in [0.5, 0.6) is 0 Å². The van der Waals surface area contributed by atoms with Gasteiger partial charge < -0.3 is 9.88 Å². The minimum atomic E-state index is -0.357. The molecule has 36 heavy (non-hydrogen) atoms. The number of benzene rings is 2. The Labute approximate surface area is 208 Å². The molecule has 186 valence electrons. The zero-order valence-electron chi connectivity index (χ0n) is 20.4. The molecule has 6 rings (SSSR count). The van der Waals surface area contributed by atoms with Gasteiger partial charge in [0, 0.05) is 37.4 Å². The number of halogens is 1. The van der Waals surface area contributed by atoms with Gasteiger partial charge in [0.05, 0.1) is 11.6 Å². The number of rotatable bonds is 5. The van der Waals surface area contributed by atoms with E-state index in [0.717, 1.165) is 67.0 Å². The number of aryl methyl sites for hydroxylation is 1. The van der Waals surface area contributed by atoms with Gasteiger partial charge in [0.1, 0.15) is 11.9 Å². The third kappa shape index (κ3) is 4.17. The normalized spacial score (nSPS) is 18.2. The van der Waals surface area contributed by atoms with Gasteiger partial charge in [-0.3, -0.25) is 9.69 Å². The minimum absolute atomic E-state index is 0.108. The lowest BCUT2D eigenvalue weighted by Gasteiger charge is -2.39. The highest BCUT2D eigenvalue weighted by atomic mass is 19.1. The molecule has 9 heteroatoms. The van der Waals surface area contributed by atoms with Gasteiger partial charge >= 0.3 is 0 Å². The van der Waals surface area contributed by atoms with Gasteiger partial charge in [-0.15, -0.1) is 5.10 Å². The summed E-state index contributed by atoms with van der Waals surface area (Å²) in [6.07, 6.45) is 4.44. The van der Waals surface area contributed by atoms with Crippen LogP contribution in [0.3, 0.4) is 0 Å². The number of tetrazole rings is 1. The molecule has 1 aliphatic heterocycles. The molecule has 1 aliphatic carbocycles. The fourth-order valence-electron chi connectivity index (χ4n) is 5.78. The fourth-order valence-corrected chi connectivity index (χ4v) is 5.78. The van der Waals surface area contributed by atoms with Gasteiger partial charge in [-0.1, -0.05) is 31.0 Å². The largest absolute Gasteiger partial charge is 0.369 e. The van der Waals surface area contributed by atoms with Crippen molar-refractivity contribution in [3.8, 4) is 0 Å². The molecular weight excluding hydrogens is 457 g/mol. The Morgan fingerprint density at radius 1 is 1.03 bits per heavy atom. The van der Waals surface area contributed by atoms with Crippen molar-refractivity contribution in [3.63, 3.8) is 0 Å². The van der Waals surface area contributed by atoms with E-state index >= 15 is 0 Å². The molecule has 0 bridgehead atoms. The summed E-state index contributed by atoms with van der Waals surface area (Å²) in [5.74, 6) is 0.497. The number of hydrogen-bond donors (Lipinski definition) is 1. The lowest BCUT2D eigenvalue weighted by molar-refractivity contribution is 0.197. The topological polar surface area (TPSA) is 82.9 Å². The number of anilines is 1. The van der Waals surface area contributed by atoms with E-state index in [0.29, 0.717) is 5.56 Å². The first-order chi connectivity index (χ1) is 17.6. The van der Waals surface area contributed by atoms with Crippen LogP contribution in [0.15, 0.2) is 53.3 Å². The first-order valence-corrected chi connectivity index (χ1v) is 12.7. The van der Waals surface area contributed by atoms with Gasteiger partial charge in [-0.2, -0.15) is 0 Å². The Hall–Kier alpha value is -3.59. The highest BCUT2D eigenvalue weighted by Crippen LogP contribution is 2.34. The molecule has 1 saturated heterocycles. The molecule has 0 radical (unpaired) electrons. The maximum absolute atomic E-state index is 13.5. The van der Waals surface area contributed by atoms with Gasteiger partial charge in [-0.05, 0) is 71.5 Å². The van der Waals surface area contributed by atoms with Crippen molar-refractivity contribution in [2.45, 2.75) is 44.7 Å². The number of fused-ring (bicyclic) bond motifs is 1. The molecule has 2 fully saturated rings. The van der Waals surface area contributed by atoms with Crippen LogP contribution in [0, 0.1) is 12.7 Å². The predicted octanol–water partition coefficient (Wildman–Crippen LogP) is 3.99. The average Bonchev–Trinajstić information content (AvgIpc) is 3.59. The predicted molar refractivity (Wildman–Crippen MR) is 137 cm³/mol. The number of para-hydroxylation sites is 1. The zero-order valence-corrected chi connectivity index (χ0v) is 20.4. The van der Waals surface area contributed by atoms with Crippen LogP contribution in [0.4, 0.5) is 10.1 Å². The second-order valence-electron chi connectivity index (χ2n) is 9.91. The van der Waals surface area contributed by atoms with Gasteiger partial charge in [0.25, 0.3) is 5.56 Å². The molecule has 0 spiro atoms. The molecule has 1 atom stereocenters. The minimum Gasteiger partial charge on any atom is -0.369 e. The summed E-state index contributed by atoms with van der Waals surface area (Å²) in [5.41, 5.74) is 3.46. The van der Waals surface area contributed by atoms with Crippen molar-refractivity contribution in [1.82, 2.24) is 30.1 Å². The quantitative estimate of drug-likeness (QED) is 0.458. The van der Waals surface area contributed by atoms with E-state index in [1.165, 1.54) is 25.0 Å². The van der Waals surface area contributed by atoms with Crippen molar-refractivity contribution in [2.24, 2.45) is 0 Å². The van der Waals surface area contributed by atoms with Crippen LogP contribution in [0.25, 0.3) is 10.9 Å². The molecule has 8 nitrogen and oxygen atoms in total. The molecular formula is C27H30FN7O. The molecule has 2 aromatic carbocycles. The van der Waals surface area contributed by atoms with E-state index in [-0.39, 0.29) is 23.5 Å². The first kappa shape index (κ1) is 22.8. The van der Waals surface area contributed by atoms with E-state index in [9.17, 15) is 9.18 Å². The lowest BCUT2D eigenvalue weighted by atomic mass is 10.0. The smallest absolute Gasteiger partial charge is 0.253 e. The summed E-state index contributed by atoms with van der Waals surface area (Å²) < 4.78 is 15.4. The highest BCUT2D eigenvalue weighted by molar-refractivity contribution is 5.82. The van der Waals surface area contributed by atoms with Gasteiger partial charge in [-0.25, -0.2) is 9.07 Å². The van der Waals surface area contributed by atoms with Crippen molar-refractivity contribution in [1.29, 1.82) is 0 Å². The molecule has 0 amide bonds. The van der Waals surface area contributed by atoms with Crippen molar-refractivity contribution >= 4 is 16.6 Å². The van der Waals surface area contributed by atoms with Crippen LogP contribution in [-0.2, 0) is 0 Å². The summed E-state index contributed by atoms with van der Waals surface area (Å²) in [4.78, 5) is 21.2. The van der Waals surface area contributed by atoms with E-state index in [2.05, 4.69) is 30.3 Å². The Morgan fingerprint density at radius 2 is 1.78 bits per heavy atom. The van der Waals surface area contributed by atoms with Crippen LogP contribution in [0.1, 0.15) is 54.7 Å². The van der Waals surface area contributed by atoms with Gasteiger partial charge in [0.2, 0.25) is 0 Å². The Bertz CT molecular complexity index is 1420. The number of aromatic amines is 1. The Morgan fingerprint density at radius 3 is 2.53 bits per heavy atom. The number of piperazine rings is 1. The summed E-state index contributed by atoms with van der Waals surface area (Å²) in [5, 5.41) is 13.9. The Kier molecular flexibility index (Phi) is 6.00. The maximum Gasteiger partial charge on any atom is 0.253 e. The average molecular weight is 488 g/mol. The number of H-pyrrole nitrogens is 1. The number of nitrogens with zero attached hydrogens (tertiary/aromatic N) is 6. The third-order valence-corrected chi connectivity index (χ3v) is 7.72. The van der Waals surface area contributed by atoms with E-state index in [1.807, 2.05) is 48.0 Å². The summed E-state index contributed by atoms with van der Waals surface area (Å²) >= 11 is 0. The molecule has 3 heterocycles. The number of nitrogens with one attached hydrogen (secondary N) is 1. The van der Waals surface area contributed by atoms with Crippen molar-refractivity contribution in [2.75, 3.05) is 31.1 Å². The van der Waals surface area contributed by atoms with Crippen molar-refractivity contribution in [3.05, 3.63) is 81.7 Å². The second-order valence-corrected chi connectivity index (χ2v) is 9.91. The van der Waals surface area contributed by atoms with E-state index < -0.39 is 0 Å². The Balaban J connectivity index is 1.39. The standard InChI is InChI=1S/C27H30FN7O/c1-18-5-4-6-19-17-23(27(36)29-24(18)19)25(26-30-31-32-35(26)22-7-2-3-8-22)34-15-13-33(14-16-34)21-11-9-20(28)10-12-21/h4-6,9-12,17,22,25H,2-3,7-8,13-16H2,1H3,(H,29,36)/t25-/m0/s1. The van der Waals surface area contributed by atoms with Crippen LogP contribution in [0.2, 0.25) is 0 Å². The molecule has 1 N–H and O–H groups in total. The second kappa shape index (κ2) is 9.46. The SMILES string of the molecule is Cc1cccc2cc([C@@H](c3nnnn3C3CCCC3)N3CCN(c4ccc(F)cc4)CC3)c(=O)[nH]c12. The molecule has 4 aromatic rings. The van der Waals surface area contributed by atoms with Crippen LogP contribution in [-0.4, -0.2) is 56.3 Å². The van der Waals surface area contributed by atoms with E-state index in [4.69, 9.17) is 0 Å². The lowest BCUT2D eigenvalue weighted by Crippen LogP contribution is -2.49. The summed E-state index contributed by atoms with van der Waals surface area (Å²) in [6.45, 7) is 4.98. The maximum atomic E-state index is 13.5. The van der Waals surface area contributed by atoms with Gasteiger partial charge in [0.15, 0.2) is 5.82 Å². The molecule has 2 aliphatic rings. The zero-order chi connectivity index (χ0) is 24.6. The summed E-state index contributed by atoms with van der Waals surface area (Å²) in [6, 6.07) is 14.6. The fraction of sp³-hybridized carbons (Fsp3) is 0.407. The molecule has 1 saturated carbocycles. The van der Waals surface area contributed by atoms with Crippen LogP contribution < -0.4 is 10.5 Å². The monoisotopic (exact) mass is 487 g/mol. The number of pyridine rings is 1. The molecule has 2 aromatic heterocycles. The third-order valence-electron chi connectivity index (χ3n) is 7.72. The number of aromatic nitrogens is 5. The van der Waals surface area contributed by atoms with Crippen LogP contribution >= 0.6 is 0 Å². The first-order valence-electron chi connectivity index (χ1n) is 12.7. The highest BCUT2D eigenvalue weighted by Gasteiger charge is 2.34.